The number of amides is 2. The van der Waals surface area contributed by atoms with Crippen LogP contribution < -0.4 is 5.32 Å². The van der Waals surface area contributed by atoms with Gasteiger partial charge in [-0.3, -0.25) is 9.59 Å². The van der Waals surface area contributed by atoms with E-state index >= 15 is 0 Å². The van der Waals surface area contributed by atoms with Crippen molar-refractivity contribution in [3.8, 4) is 0 Å². The molecule has 2 fully saturated rings. The first-order valence-corrected chi connectivity index (χ1v) is 8.59. The van der Waals surface area contributed by atoms with E-state index in [4.69, 9.17) is 0 Å². The lowest BCUT2D eigenvalue weighted by Crippen LogP contribution is -2.44. The Kier molecular flexibility index (Phi) is 7.06. The molecule has 0 aliphatic carbocycles. The van der Waals surface area contributed by atoms with Gasteiger partial charge in [0.15, 0.2) is 0 Å². The van der Waals surface area contributed by atoms with Crippen molar-refractivity contribution in [2.24, 2.45) is 5.92 Å². The average Bonchev–Trinajstić information content (AvgIpc) is 2.88. The van der Waals surface area contributed by atoms with Crippen molar-refractivity contribution in [2.45, 2.75) is 19.3 Å². The van der Waals surface area contributed by atoms with Crippen LogP contribution in [0.4, 0.5) is 0 Å². The molecule has 132 valence electrons. The molecule has 1 unspecified atom stereocenters. The van der Waals surface area contributed by atoms with Crippen LogP contribution in [0, 0.1) is 5.92 Å². The van der Waals surface area contributed by atoms with E-state index < -0.39 is 0 Å². The highest BCUT2D eigenvalue weighted by Crippen LogP contribution is 2.16. The second kappa shape index (κ2) is 9.04. The van der Waals surface area contributed by atoms with Crippen molar-refractivity contribution in [1.82, 2.24) is 15.1 Å². The highest BCUT2D eigenvalue weighted by molar-refractivity contribution is 5.94. The first kappa shape index (κ1) is 18.7. The van der Waals surface area contributed by atoms with Crippen molar-refractivity contribution < 1.29 is 9.59 Å². The topological polar surface area (TPSA) is 52.7 Å². The monoisotopic (exact) mass is 351 g/mol. The van der Waals surface area contributed by atoms with Crippen LogP contribution >= 0.6 is 12.4 Å². The molecule has 1 atom stereocenters. The van der Waals surface area contributed by atoms with Crippen molar-refractivity contribution in [3.05, 3.63) is 35.9 Å². The number of hydrogen-bond donors (Lipinski definition) is 1. The van der Waals surface area contributed by atoms with Gasteiger partial charge >= 0.3 is 0 Å². The van der Waals surface area contributed by atoms with Gasteiger partial charge in [-0.05, 0) is 37.9 Å². The minimum absolute atomic E-state index is 0. The Hall–Kier alpha value is -1.59. The zero-order chi connectivity index (χ0) is 16.1. The van der Waals surface area contributed by atoms with E-state index in [1.807, 2.05) is 40.1 Å². The van der Waals surface area contributed by atoms with Crippen molar-refractivity contribution in [1.29, 1.82) is 0 Å². The summed E-state index contributed by atoms with van der Waals surface area (Å²) in [5, 5.41) is 3.31. The molecule has 1 N–H and O–H groups in total. The molecule has 2 aliphatic rings. The Morgan fingerprint density at radius 3 is 2.38 bits per heavy atom. The van der Waals surface area contributed by atoms with Gasteiger partial charge in [0.2, 0.25) is 5.91 Å². The molecule has 1 aromatic carbocycles. The van der Waals surface area contributed by atoms with E-state index in [0.29, 0.717) is 13.1 Å². The summed E-state index contributed by atoms with van der Waals surface area (Å²) in [5.74, 6) is 0.436. The van der Waals surface area contributed by atoms with E-state index in [-0.39, 0.29) is 30.1 Å². The summed E-state index contributed by atoms with van der Waals surface area (Å²) in [6, 6.07) is 9.39. The number of nitrogens with zero attached hydrogens (tertiary/aromatic N) is 2. The quantitative estimate of drug-likeness (QED) is 0.883. The molecule has 0 spiro atoms. The maximum atomic E-state index is 12.6. The molecule has 3 rings (SSSR count). The Bertz CT molecular complexity index is 546. The van der Waals surface area contributed by atoms with Crippen LogP contribution in [0.15, 0.2) is 30.3 Å². The number of carbonyl (C=O) groups excluding carboxylic acids is 2. The van der Waals surface area contributed by atoms with Gasteiger partial charge in [0.05, 0.1) is 5.92 Å². The number of nitrogens with one attached hydrogen (secondary N) is 1. The van der Waals surface area contributed by atoms with Crippen molar-refractivity contribution in [2.75, 3.05) is 39.3 Å². The normalized spacial score (nSPS) is 21.6. The summed E-state index contributed by atoms with van der Waals surface area (Å²) in [6.45, 7) is 4.56. The summed E-state index contributed by atoms with van der Waals surface area (Å²) in [7, 11) is 0. The number of piperidine rings is 1. The first-order valence-electron chi connectivity index (χ1n) is 8.59. The van der Waals surface area contributed by atoms with Gasteiger partial charge < -0.3 is 15.1 Å². The fraction of sp³-hybridized carbons (Fsp3) is 0.556. The molecule has 1 aromatic rings. The van der Waals surface area contributed by atoms with Gasteiger partial charge in [0, 0.05) is 38.3 Å². The number of carbonyl (C=O) groups is 2. The molecule has 0 aromatic heterocycles. The number of halogens is 1. The molecule has 0 radical (unpaired) electrons. The van der Waals surface area contributed by atoms with E-state index in [2.05, 4.69) is 5.32 Å². The largest absolute Gasteiger partial charge is 0.341 e. The zero-order valence-corrected chi connectivity index (χ0v) is 14.8. The third kappa shape index (κ3) is 4.48. The van der Waals surface area contributed by atoms with Crippen LogP contribution in [0.2, 0.25) is 0 Å². The van der Waals surface area contributed by atoms with Crippen LogP contribution in [0.5, 0.6) is 0 Å². The Labute approximate surface area is 149 Å². The van der Waals surface area contributed by atoms with E-state index in [0.717, 1.165) is 51.0 Å². The zero-order valence-electron chi connectivity index (χ0n) is 13.9. The molecule has 5 nitrogen and oxygen atoms in total. The maximum Gasteiger partial charge on any atom is 0.253 e. The Balaban J connectivity index is 0.00000208. The molecule has 2 amide bonds. The van der Waals surface area contributed by atoms with Gasteiger partial charge in [0.1, 0.15) is 0 Å². The second-order valence-electron chi connectivity index (χ2n) is 6.38. The van der Waals surface area contributed by atoms with Crippen molar-refractivity contribution in [3.63, 3.8) is 0 Å². The number of benzene rings is 1. The predicted octanol–water partition coefficient (Wildman–Crippen LogP) is 1.78. The number of hydrogen-bond acceptors (Lipinski definition) is 3. The predicted molar refractivity (Wildman–Crippen MR) is 96.4 cm³/mol. The summed E-state index contributed by atoms with van der Waals surface area (Å²) < 4.78 is 0. The highest BCUT2D eigenvalue weighted by atomic mass is 35.5. The summed E-state index contributed by atoms with van der Waals surface area (Å²) in [6.07, 6.45) is 2.91. The minimum Gasteiger partial charge on any atom is -0.341 e. The van der Waals surface area contributed by atoms with Gasteiger partial charge in [-0.15, -0.1) is 12.4 Å². The molecule has 0 saturated carbocycles. The van der Waals surface area contributed by atoms with E-state index in [1.54, 1.807) is 0 Å². The molecular weight excluding hydrogens is 326 g/mol. The van der Waals surface area contributed by atoms with Gasteiger partial charge in [0.25, 0.3) is 5.91 Å². The minimum atomic E-state index is 0. The standard InChI is InChI=1S/C18H25N3O2.ClH/c22-17(15-6-2-1-3-7-15)20-10-5-11-21(13-12-20)18(23)16-8-4-9-19-14-16;/h1-3,6-7,16,19H,4-5,8-14H2;1H. The molecule has 24 heavy (non-hydrogen) atoms. The van der Waals surface area contributed by atoms with Gasteiger partial charge in [-0.2, -0.15) is 0 Å². The van der Waals surface area contributed by atoms with E-state index in [9.17, 15) is 9.59 Å². The lowest BCUT2D eigenvalue weighted by atomic mass is 9.98. The molecule has 2 aliphatic heterocycles. The van der Waals surface area contributed by atoms with Crippen molar-refractivity contribution >= 4 is 24.2 Å². The fourth-order valence-corrected chi connectivity index (χ4v) is 3.43. The molecule has 6 heteroatoms. The number of rotatable bonds is 2. The third-order valence-electron chi connectivity index (χ3n) is 4.76. The SMILES string of the molecule is Cl.O=C(c1ccccc1)N1CCCN(C(=O)C2CCCNC2)CC1. The highest BCUT2D eigenvalue weighted by Gasteiger charge is 2.28. The summed E-state index contributed by atoms with van der Waals surface area (Å²) in [4.78, 5) is 29.0. The van der Waals surface area contributed by atoms with Crippen LogP contribution in [0.3, 0.4) is 0 Å². The van der Waals surface area contributed by atoms with Crippen LogP contribution in [0.1, 0.15) is 29.6 Å². The average molecular weight is 352 g/mol. The maximum absolute atomic E-state index is 12.6. The third-order valence-corrected chi connectivity index (χ3v) is 4.76. The molecule has 0 bridgehead atoms. The smallest absolute Gasteiger partial charge is 0.253 e. The van der Waals surface area contributed by atoms with Crippen LogP contribution in [-0.4, -0.2) is 60.9 Å². The van der Waals surface area contributed by atoms with Crippen LogP contribution in [-0.2, 0) is 4.79 Å². The second-order valence-corrected chi connectivity index (χ2v) is 6.38. The van der Waals surface area contributed by atoms with E-state index in [1.165, 1.54) is 0 Å². The first-order chi connectivity index (χ1) is 11.3. The summed E-state index contributed by atoms with van der Waals surface area (Å²) >= 11 is 0. The van der Waals surface area contributed by atoms with Gasteiger partial charge in [-0.25, -0.2) is 0 Å². The lowest BCUT2D eigenvalue weighted by molar-refractivity contribution is -0.135. The lowest BCUT2D eigenvalue weighted by Gasteiger charge is -2.29. The molecular formula is C18H26ClN3O2. The summed E-state index contributed by atoms with van der Waals surface area (Å²) in [5.41, 5.74) is 0.726. The fourth-order valence-electron chi connectivity index (χ4n) is 3.43. The molecule has 2 heterocycles. The molecule has 2 saturated heterocycles. The van der Waals surface area contributed by atoms with Gasteiger partial charge in [-0.1, -0.05) is 18.2 Å². The Morgan fingerprint density at radius 2 is 1.67 bits per heavy atom. The Morgan fingerprint density at radius 1 is 0.958 bits per heavy atom. The van der Waals surface area contributed by atoms with Crippen LogP contribution in [0.25, 0.3) is 0 Å².